The maximum absolute atomic E-state index is 12.6. The van der Waals surface area contributed by atoms with Gasteiger partial charge in [0.15, 0.2) is 0 Å². The van der Waals surface area contributed by atoms with E-state index in [2.05, 4.69) is 4.72 Å². The van der Waals surface area contributed by atoms with Crippen molar-refractivity contribution < 1.29 is 13.2 Å². The van der Waals surface area contributed by atoms with Crippen molar-refractivity contribution in [1.29, 1.82) is 0 Å². The zero-order chi connectivity index (χ0) is 17.3. The number of anilines is 1. The molecular formula is C17H20ClNO3S. The first-order valence-electron chi connectivity index (χ1n) is 7.11. The predicted molar refractivity (Wildman–Crippen MR) is 94.0 cm³/mol. The fraction of sp³-hybridized carbons (Fsp3) is 0.294. The Hall–Kier alpha value is -1.72. The molecule has 0 saturated heterocycles. The fourth-order valence-electron chi connectivity index (χ4n) is 2.24. The Morgan fingerprint density at radius 2 is 1.74 bits per heavy atom. The van der Waals surface area contributed by atoms with Crippen LogP contribution in [0.15, 0.2) is 47.4 Å². The summed E-state index contributed by atoms with van der Waals surface area (Å²) in [6, 6.07) is 11.7. The van der Waals surface area contributed by atoms with E-state index in [1.807, 2.05) is 32.9 Å². The Labute approximate surface area is 142 Å². The third-order valence-electron chi connectivity index (χ3n) is 3.41. The number of hydrogen-bond donors (Lipinski definition) is 1. The second kappa shape index (κ2) is 6.42. The van der Waals surface area contributed by atoms with E-state index < -0.39 is 10.0 Å². The van der Waals surface area contributed by atoms with E-state index in [0.717, 1.165) is 5.56 Å². The van der Waals surface area contributed by atoms with Gasteiger partial charge in [0.1, 0.15) is 5.75 Å². The molecule has 124 valence electrons. The molecule has 2 aromatic carbocycles. The normalized spacial score (nSPS) is 12.0. The van der Waals surface area contributed by atoms with E-state index in [-0.39, 0.29) is 15.3 Å². The van der Waals surface area contributed by atoms with Gasteiger partial charge in [0.05, 0.1) is 22.7 Å². The van der Waals surface area contributed by atoms with Crippen LogP contribution < -0.4 is 9.46 Å². The lowest BCUT2D eigenvalue weighted by Gasteiger charge is -2.23. The number of sulfonamides is 1. The second-order valence-electron chi connectivity index (χ2n) is 6.20. The van der Waals surface area contributed by atoms with Gasteiger partial charge >= 0.3 is 0 Å². The molecule has 0 heterocycles. The highest BCUT2D eigenvalue weighted by atomic mass is 35.5. The van der Waals surface area contributed by atoms with Crippen LogP contribution in [-0.4, -0.2) is 15.5 Å². The molecule has 0 unspecified atom stereocenters. The predicted octanol–water partition coefficient (Wildman–Crippen LogP) is 4.45. The number of para-hydroxylation sites is 1. The summed E-state index contributed by atoms with van der Waals surface area (Å²) in [6.45, 7) is 6.10. The Morgan fingerprint density at radius 3 is 2.30 bits per heavy atom. The van der Waals surface area contributed by atoms with Crippen LogP contribution in [0.2, 0.25) is 5.02 Å². The Balaban J connectivity index is 2.42. The molecule has 0 aliphatic rings. The van der Waals surface area contributed by atoms with Gasteiger partial charge in [-0.1, -0.05) is 50.6 Å². The molecule has 0 amide bonds. The molecule has 0 atom stereocenters. The summed E-state index contributed by atoms with van der Waals surface area (Å²) in [7, 11) is -2.25. The lowest BCUT2D eigenvalue weighted by atomic mass is 9.86. The van der Waals surface area contributed by atoms with Crippen molar-refractivity contribution in [2.45, 2.75) is 31.1 Å². The summed E-state index contributed by atoms with van der Waals surface area (Å²) in [5, 5.41) is 0.250. The number of nitrogens with one attached hydrogen (secondary N) is 1. The summed E-state index contributed by atoms with van der Waals surface area (Å²) in [5.74, 6) is 0.431. The standard InChI is InChI=1S/C17H20ClNO3S/c1-17(2,3)13-7-5-6-8-15(13)19-23(20,21)12-9-10-16(22-4)14(18)11-12/h5-11,19H,1-4H3. The Bertz CT molecular complexity index is 811. The SMILES string of the molecule is COc1ccc(S(=O)(=O)Nc2ccccc2C(C)(C)C)cc1Cl. The number of hydrogen-bond acceptors (Lipinski definition) is 3. The van der Waals surface area contributed by atoms with Gasteiger partial charge < -0.3 is 4.74 Å². The summed E-state index contributed by atoms with van der Waals surface area (Å²) >= 11 is 6.03. The smallest absolute Gasteiger partial charge is 0.261 e. The quantitative estimate of drug-likeness (QED) is 0.883. The number of rotatable bonds is 4. The first-order chi connectivity index (χ1) is 10.6. The van der Waals surface area contributed by atoms with Crippen LogP contribution in [-0.2, 0) is 15.4 Å². The number of ether oxygens (including phenoxy) is 1. The van der Waals surface area contributed by atoms with E-state index in [0.29, 0.717) is 11.4 Å². The van der Waals surface area contributed by atoms with Gasteiger partial charge in [-0.25, -0.2) is 8.42 Å². The van der Waals surface area contributed by atoms with Crippen molar-refractivity contribution in [3.63, 3.8) is 0 Å². The van der Waals surface area contributed by atoms with E-state index in [4.69, 9.17) is 16.3 Å². The van der Waals surface area contributed by atoms with Crippen molar-refractivity contribution in [2.24, 2.45) is 0 Å². The van der Waals surface area contributed by atoms with E-state index in [1.54, 1.807) is 12.1 Å². The van der Waals surface area contributed by atoms with Gasteiger partial charge in [-0.3, -0.25) is 4.72 Å². The summed E-state index contributed by atoms with van der Waals surface area (Å²) in [5.41, 5.74) is 1.30. The molecule has 0 saturated carbocycles. The molecule has 0 aliphatic carbocycles. The van der Waals surface area contributed by atoms with Crippen LogP contribution in [0.5, 0.6) is 5.75 Å². The van der Waals surface area contributed by atoms with Crippen LogP contribution in [0.1, 0.15) is 26.3 Å². The highest BCUT2D eigenvalue weighted by Crippen LogP contribution is 2.32. The highest BCUT2D eigenvalue weighted by Gasteiger charge is 2.22. The van der Waals surface area contributed by atoms with Gasteiger partial charge in [0.2, 0.25) is 0 Å². The maximum atomic E-state index is 12.6. The minimum Gasteiger partial charge on any atom is -0.495 e. The maximum Gasteiger partial charge on any atom is 0.261 e. The van der Waals surface area contributed by atoms with Gasteiger partial charge in [-0.2, -0.15) is 0 Å². The van der Waals surface area contributed by atoms with Crippen molar-refractivity contribution in [2.75, 3.05) is 11.8 Å². The van der Waals surface area contributed by atoms with Gasteiger partial charge in [0, 0.05) is 0 Å². The lowest BCUT2D eigenvalue weighted by molar-refractivity contribution is 0.414. The number of benzene rings is 2. The van der Waals surface area contributed by atoms with Gasteiger partial charge in [-0.05, 0) is 35.2 Å². The fourth-order valence-corrected chi connectivity index (χ4v) is 3.67. The van der Waals surface area contributed by atoms with Crippen LogP contribution in [0.4, 0.5) is 5.69 Å². The van der Waals surface area contributed by atoms with Crippen molar-refractivity contribution in [3.05, 3.63) is 53.1 Å². The zero-order valence-corrected chi connectivity index (χ0v) is 15.1. The average molecular weight is 354 g/mol. The monoisotopic (exact) mass is 353 g/mol. The van der Waals surface area contributed by atoms with Crippen molar-refractivity contribution >= 4 is 27.3 Å². The lowest BCUT2D eigenvalue weighted by Crippen LogP contribution is -2.19. The Kier molecular flexibility index (Phi) is 4.92. The molecule has 4 nitrogen and oxygen atoms in total. The minimum absolute atomic E-state index is 0.0898. The van der Waals surface area contributed by atoms with Crippen molar-refractivity contribution in [1.82, 2.24) is 0 Å². The third kappa shape index (κ3) is 3.98. The third-order valence-corrected chi connectivity index (χ3v) is 5.07. The molecule has 1 N–H and O–H groups in total. The highest BCUT2D eigenvalue weighted by molar-refractivity contribution is 7.92. The molecule has 0 bridgehead atoms. The van der Waals surface area contributed by atoms with E-state index in [9.17, 15) is 8.42 Å². The molecule has 0 radical (unpaired) electrons. The molecule has 0 spiro atoms. The number of halogens is 1. The van der Waals surface area contributed by atoms with Gasteiger partial charge in [0.25, 0.3) is 10.0 Å². The molecule has 2 aromatic rings. The second-order valence-corrected chi connectivity index (χ2v) is 8.29. The molecule has 0 aromatic heterocycles. The van der Waals surface area contributed by atoms with Crippen LogP contribution in [0.25, 0.3) is 0 Å². The topological polar surface area (TPSA) is 55.4 Å². The summed E-state index contributed by atoms with van der Waals surface area (Å²) in [6.07, 6.45) is 0. The zero-order valence-electron chi connectivity index (χ0n) is 13.6. The first-order valence-corrected chi connectivity index (χ1v) is 8.97. The molecule has 23 heavy (non-hydrogen) atoms. The average Bonchev–Trinajstić information content (AvgIpc) is 2.46. The summed E-state index contributed by atoms with van der Waals surface area (Å²) < 4.78 is 32.9. The Morgan fingerprint density at radius 1 is 1.09 bits per heavy atom. The molecule has 2 rings (SSSR count). The van der Waals surface area contributed by atoms with Crippen molar-refractivity contribution in [3.8, 4) is 5.75 Å². The van der Waals surface area contributed by atoms with Gasteiger partial charge in [-0.15, -0.1) is 0 Å². The molecule has 6 heteroatoms. The van der Waals surface area contributed by atoms with E-state index in [1.165, 1.54) is 25.3 Å². The number of methoxy groups -OCH3 is 1. The van der Waals surface area contributed by atoms with Crippen LogP contribution in [0, 0.1) is 0 Å². The molecule has 0 aliphatic heterocycles. The van der Waals surface area contributed by atoms with Crippen LogP contribution >= 0.6 is 11.6 Å². The van der Waals surface area contributed by atoms with E-state index >= 15 is 0 Å². The molecule has 0 fully saturated rings. The largest absolute Gasteiger partial charge is 0.495 e. The first kappa shape index (κ1) is 17.6. The molecular weight excluding hydrogens is 334 g/mol. The minimum atomic E-state index is -3.73. The summed E-state index contributed by atoms with van der Waals surface area (Å²) in [4.78, 5) is 0.0898. The van der Waals surface area contributed by atoms with Crippen LogP contribution in [0.3, 0.4) is 0 Å².